The minimum absolute atomic E-state index is 0.160. The molecule has 0 aliphatic carbocycles. The van der Waals surface area contributed by atoms with E-state index >= 15 is 0 Å². The van der Waals surface area contributed by atoms with Gasteiger partial charge in [0.15, 0.2) is 0 Å². The fourth-order valence-corrected chi connectivity index (χ4v) is 6.52. The van der Waals surface area contributed by atoms with Gasteiger partial charge in [-0.15, -0.1) is 11.3 Å². The number of carbonyl (C=O) groups is 1. The maximum absolute atomic E-state index is 13.3. The second-order valence-electron chi connectivity index (χ2n) is 7.23. The number of sulfonamides is 1. The number of aromatic nitrogens is 2. The second kappa shape index (κ2) is 8.29. The number of anilines is 1. The zero-order chi connectivity index (χ0) is 21.3. The molecule has 0 unspecified atom stereocenters. The highest BCUT2D eigenvalue weighted by atomic mass is 32.2. The van der Waals surface area contributed by atoms with Crippen molar-refractivity contribution in [3.05, 3.63) is 47.2 Å². The van der Waals surface area contributed by atoms with Crippen LogP contribution in [0, 0.1) is 19.8 Å². The molecule has 1 fully saturated rings. The average molecular weight is 447 g/mol. The Balaban J connectivity index is 1.53. The zero-order valence-corrected chi connectivity index (χ0v) is 18.3. The molecule has 1 aliphatic heterocycles. The number of benzene rings is 1. The molecule has 3 heterocycles. The van der Waals surface area contributed by atoms with Gasteiger partial charge in [-0.2, -0.15) is 9.29 Å². The summed E-state index contributed by atoms with van der Waals surface area (Å²) in [5.74, 6) is 0.239. The number of para-hydroxylation sites is 1. The van der Waals surface area contributed by atoms with Gasteiger partial charge < -0.3 is 9.84 Å². The normalized spacial score (nSPS) is 17.7. The predicted octanol–water partition coefficient (Wildman–Crippen LogP) is 3.45. The molecule has 8 nitrogen and oxygen atoms in total. The Bertz CT molecular complexity index is 1150. The van der Waals surface area contributed by atoms with Crippen molar-refractivity contribution in [3.8, 4) is 10.7 Å². The highest BCUT2D eigenvalue weighted by molar-refractivity contribution is 7.89. The predicted molar refractivity (Wildman–Crippen MR) is 114 cm³/mol. The molecular weight excluding hydrogens is 424 g/mol. The van der Waals surface area contributed by atoms with E-state index in [-0.39, 0.29) is 17.3 Å². The fraction of sp³-hybridized carbons (Fsp3) is 0.350. The summed E-state index contributed by atoms with van der Waals surface area (Å²) in [5.41, 5.74) is 0.705. The summed E-state index contributed by atoms with van der Waals surface area (Å²) in [7, 11) is -3.73. The van der Waals surface area contributed by atoms with Crippen LogP contribution in [-0.2, 0) is 14.8 Å². The molecule has 1 saturated heterocycles. The van der Waals surface area contributed by atoms with Crippen molar-refractivity contribution in [2.75, 3.05) is 18.4 Å². The van der Waals surface area contributed by atoms with Gasteiger partial charge in [0.05, 0.1) is 15.7 Å². The number of piperidine rings is 1. The van der Waals surface area contributed by atoms with Gasteiger partial charge in [0.25, 0.3) is 0 Å². The highest BCUT2D eigenvalue weighted by Crippen LogP contribution is 2.35. The van der Waals surface area contributed by atoms with Crippen LogP contribution in [0.1, 0.15) is 23.6 Å². The number of rotatable bonds is 5. The van der Waals surface area contributed by atoms with E-state index < -0.39 is 15.9 Å². The first-order valence-corrected chi connectivity index (χ1v) is 11.9. The van der Waals surface area contributed by atoms with Crippen LogP contribution >= 0.6 is 11.3 Å². The van der Waals surface area contributed by atoms with Crippen LogP contribution in [0.2, 0.25) is 0 Å². The van der Waals surface area contributed by atoms with Crippen LogP contribution in [-0.4, -0.2) is 41.9 Å². The number of carbonyl (C=O) groups excluding carboxylic acids is 1. The average Bonchev–Trinajstić information content (AvgIpc) is 3.35. The first-order chi connectivity index (χ1) is 14.3. The van der Waals surface area contributed by atoms with E-state index in [1.165, 1.54) is 15.6 Å². The van der Waals surface area contributed by atoms with Gasteiger partial charge >= 0.3 is 0 Å². The van der Waals surface area contributed by atoms with E-state index in [4.69, 9.17) is 4.52 Å². The molecule has 0 saturated carbocycles. The second-order valence-corrected chi connectivity index (χ2v) is 10.4. The molecule has 1 aromatic carbocycles. The van der Waals surface area contributed by atoms with E-state index in [9.17, 15) is 13.2 Å². The fourth-order valence-electron chi connectivity index (χ4n) is 3.51. The van der Waals surface area contributed by atoms with E-state index in [0.717, 1.165) is 0 Å². The first-order valence-electron chi connectivity index (χ1n) is 9.62. The monoisotopic (exact) mass is 446 g/mol. The summed E-state index contributed by atoms with van der Waals surface area (Å²) >= 11 is 1.31. The lowest BCUT2D eigenvalue weighted by atomic mass is 9.99. The van der Waals surface area contributed by atoms with Crippen molar-refractivity contribution < 1.29 is 17.7 Å². The third-order valence-corrected chi connectivity index (χ3v) is 8.20. The van der Waals surface area contributed by atoms with Crippen LogP contribution in [0.3, 0.4) is 0 Å². The third-order valence-electron chi connectivity index (χ3n) is 5.03. The van der Waals surface area contributed by atoms with Crippen molar-refractivity contribution in [1.29, 1.82) is 0 Å². The number of thiophene rings is 1. The Morgan fingerprint density at radius 3 is 2.73 bits per heavy atom. The Labute approximate surface area is 179 Å². The largest absolute Gasteiger partial charge is 0.339 e. The standard InChI is InChI=1S/C20H22N4O4S2/c1-13-18(11-17(29-13)19-21-14(2)28-23-19)30(26,27)24-10-6-7-15(12-24)20(25)22-16-8-4-3-5-9-16/h3-5,8-9,11,15H,6-7,10,12H2,1-2H3,(H,22,25)/t15-/m0/s1. The molecule has 3 aromatic rings. The molecule has 1 amide bonds. The number of hydrogen-bond donors (Lipinski definition) is 1. The summed E-state index contributed by atoms with van der Waals surface area (Å²) in [4.78, 5) is 18.4. The quantitative estimate of drug-likeness (QED) is 0.643. The van der Waals surface area contributed by atoms with Crippen LogP contribution in [0.15, 0.2) is 45.8 Å². The molecule has 4 rings (SSSR count). The molecular formula is C20H22N4O4S2. The Kier molecular flexibility index (Phi) is 5.72. The van der Waals surface area contributed by atoms with E-state index in [0.29, 0.717) is 46.5 Å². The molecule has 0 radical (unpaired) electrons. The molecule has 2 aromatic heterocycles. The molecule has 0 spiro atoms. The van der Waals surface area contributed by atoms with Crippen molar-refractivity contribution in [2.45, 2.75) is 31.6 Å². The maximum Gasteiger partial charge on any atom is 0.244 e. The van der Waals surface area contributed by atoms with Gasteiger partial charge in [0, 0.05) is 30.6 Å². The summed E-state index contributed by atoms with van der Waals surface area (Å²) < 4.78 is 33.1. The highest BCUT2D eigenvalue weighted by Gasteiger charge is 2.35. The lowest BCUT2D eigenvalue weighted by Crippen LogP contribution is -2.43. The van der Waals surface area contributed by atoms with Gasteiger partial charge in [-0.1, -0.05) is 23.4 Å². The van der Waals surface area contributed by atoms with E-state index in [1.807, 2.05) is 30.3 Å². The zero-order valence-electron chi connectivity index (χ0n) is 16.7. The Hall–Kier alpha value is -2.56. The number of aryl methyl sites for hydroxylation is 2. The lowest BCUT2D eigenvalue weighted by molar-refractivity contribution is -0.120. The molecule has 30 heavy (non-hydrogen) atoms. The number of amides is 1. The minimum Gasteiger partial charge on any atom is -0.339 e. The molecule has 1 atom stereocenters. The number of nitrogens with zero attached hydrogens (tertiary/aromatic N) is 3. The molecule has 158 valence electrons. The van der Waals surface area contributed by atoms with Crippen LogP contribution < -0.4 is 5.32 Å². The van der Waals surface area contributed by atoms with Gasteiger partial charge in [-0.05, 0) is 38.0 Å². The first kappa shape index (κ1) is 20.7. The number of nitrogens with one attached hydrogen (secondary N) is 1. The van der Waals surface area contributed by atoms with Crippen LogP contribution in [0.25, 0.3) is 10.7 Å². The van der Waals surface area contributed by atoms with Crippen molar-refractivity contribution in [1.82, 2.24) is 14.4 Å². The number of hydrogen-bond acceptors (Lipinski definition) is 7. The van der Waals surface area contributed by atoms with Crippen molar-refractivity contribution >= 4 is 33.0 Å². The summed E-state index contributed by atoms with van der Waals surface area (Å²) in [5, 5.41) is 6.75. The molecule has 1 aliphatic rings. The molecule has 1 N–H and O–H groups in total. The summed E-state index contributed by atoms with van der Waals surface area (Å²) in [6.07, 6.45) is 1.28. The topological polar surface area (TPSA) is 105 Å². The van der Waals surface area contributed by atoms with Gasteiger partial charge in [0.1, 0.15) is 0 Å². The smallest absolute Gasteiger partial charge is 0.244 e. The van der Waals surface area contributed by atoms with E-state index in [1.54, 1.807) is 19.9 Å². The SMILES string of the molecule is Cc1nc(-c2cc(S(=O)(=O)N3CCC[C@H](C(=O)Nc4ccccc4)C3)c(C)s2)no1. The lowest BCUT2D eigenvalue weighted by Gasteiger charge is -2.31. The van der Waals surface area contributed by atoms with Crippen LogP contribution in [0.4, 0.5) is 5.69 Å². The van der Waals surface area contributed by atoms with Crippen LogP contribution in [0.5, 0.6) is 0 Å². The van der Waals surface area contributed by atoms with Gasteiger partial charge in [0.2, 0.25) is 27.6 Å². The molecule has 10 heteroatoms. The van der Waals surface area contributed by atoms with E-state index in [2.05, 4.69) is 15.5 Å². The summed E-state index contributed by atoms with van der Waals surface area (Å²) in [6.45, 7) is 4.00. The third kappa shape index (κ3) is 4.16. The Morgan fingerprint density at radius 2 is 2.03 bits per heavy atom. The van der Waals surface area contributed by atoms with Crippen molar-refractivity contribution in [2.24, 2.45) is 5.92 Å². The van der Waals surface area contributed by atoms with Gasteiger partial charge in [-0.3, -0.25) is 4.79 Å². The Morgan fingerprint density at radius 1 is 1.27 bits per heavy atom. The van der Waals surface area contributed by atoms with Gasteiger partial charge in [-0.25, -0.2) is 8.42 Å². The molecule has 0 bridgehead atoms. The maximum atomic E-state index is 13.3. The summed E-state index contributed by atoms with van der Waals surface area (Å²) in [6, 6.07) is 10.8. The van der Waals surface area contributed by atoms with Crippen molar-refractivity contribution in [3.63, 3.8) is 0 Å². The minimum atomic E-state index is -3.73.